The molecule has 0 aromatic carbocycles. The molecule has 0 fully saturated rings. The van der Waals surface area contributed by atoms with Crippen LogP contribution in [0.15, 0.2) is 12.3 Å². The fraction of sp³-hybridized carbons (Fsp3) is 0.615. The normalized spacial score (nSPS) is 8.00. The van der Waals surface area contributed by atoms with Crippen LogP contribution in [0.3, 0.4) is 0 Å². The number of hydrogen-bond donors (Lipinski definition) is 0. The molecule has 0 aliphatic heterocycles. The van der Waals surface area contributed by atoms with Crippen LogP contribution in [0.1, 0.15) is 39.0 Å². The first-order chi connectivity index (χ1) is 7.11. The SMILES string of the molecule is CC.CC.Cc1cc(N(C)C)c(C)cn1. The molecule has 0 bridgehead atoms. The molecule has 1 aromatic heterocycles. The number of aryl methyl sites for hydroxylation is 2. The van der Waals surface area contributed by atoms with Gasteiger partial charge < -0.3 is 4.90 Å². The highest BCUT2D eigenvalue weighted by molar-refractivity contribution is 5.51. The van der Waals surface area contributed by atoms with Crippen molar-refractivity contribution in [3.05, 3.63) is 23.5 Å². The van der Waals surface area contributed by atoms with Gasteiger partial charge in [0.25, 0.3) is 0 Å². The van der Waals surface area contributed by atoms with Gasteiger partial charge in [0.15, 0.2) is 0 Å². The Balaban J connectivity index is 0. The quantitative estimate of drug-likeness (QED) is 0.700. The average molecular weight is 210 g/mol. The molecule has 88 valence electrons. The summed E-state index contributed by atoms with van der Waals surface area (Å²) in [5, 5.41) is 0. The smallest absolute Gasteiger partial charge is 0.0424 e. The second-order valence-corrected chi connectivity index (χ2v) is 3.01. The van der Waals surface area contributed by atoms with E-state index >= 15 is 0 Å². The third kappa shape index (κ3) is 6.10. The summed E-state index contributed by atoms with van der Waals surface area (Å²) in [6.07, 6.45) is 1.91. The van der Waals surface area contributed by atoms with Crippen LogP contribution >= 0.6 is 0 Å². The topological polar surface area (TPSA) is 16.1 Å². The lowest BCUT2D eigenvalue weighted by Gasteiger charge is -2.15. The van der Waals surface area contributed by atoms with Gasteiger partial charge in [-0.3, -0.25) is 4.98 Å². The van der Waals surface area contributed by atoms with Gasteiger partial charge in [-0.15, -0.1) is 0 Å². The molecule has 1 heterocycles. The van der Waals surface area contributed by atoms with Crippen LogP contribution in [0.5, 0.6) is 0 Å². The average Bonchev–Trinajstić information content (AvgIpc) is 2.27. The summed E-state index contributed by atoms with van der Waals surface area (Å²) < 4.78 is 0. The zero-order valence-electron chi connectivity index (χ0n) is 11.5. The van der Waals surface area contributed by atoms with Crippen molar-refractivity contribution in [2.24, 2.45) is 0 Å². The van der Waals surface area contributed by atoms with Crippen molar-refractivity contribution in [3.63, 3.8) is 0 Å². The van der Waals surface area contributed by atoms with Gasteiger partial charge in [0, 0.05) is 31.7 Å². The highest BCUT2D eigenvalue weighted by atomic mass is 15.1. The van der Waals surface area contributed by atoms with Gasteiger partial charge >= 0.3 is 0 Å². The monoisotopic (exact) mass is 210 g/mol. The molecule has 0 amide bonds. The first kappa shape index (κ1) is 16.4. The van der Waals surface area contributed by atoms with Crippen molar-refractivity contribution in [3.8, 4) is 0 Å². The highest BCUT2D eigenvalue weighted by Gasteiger charge is 1.99. The van der Waals surface area contributed by atoms with Gasteiger partial charge in [0.1, 0.15) is 0 Å². The van der Waals surface area contributed by atoms with Crippen LogP contribution in [0.25, 0.3) is 0 Å². The van der Waals surface area contributed by atoms with Crippen LogP contribution in [0.2, 0.25) is 0 Å². The molecule has 15 heavy (non-hydrogen) atoms. The Morgan fingerprint density at radius 3 is 1.80 bits per heavy atom. The van der Waals surface area contributed by atoms with Crippen molar-refractivity contribution in [1.82, 2.24) is 4.98 Å². The Hall–Kier alpha value is -1.05. The number of hydrogen-bond acceptors (Lipinski definition) is 2. The molecular formula is C13H26N2. The Morgan fingerprint density at radius 2 is 1.47 bits per heavy atom. The summed E-state index contributed by atoms with van der Waals surface area (Å²) in [6, 6.07) is 2.09. The fourth-order valence-electron chi connectivity index (χ4n) is 1.10. The standard InChI is InChI=1S/C9H14N2.2C2H6/c1-7-6-10-8(2)5-9(7)11(3)4;2*1-2/h5-6H,1-4H3;2*1-2H3. The lowest BCUT2D eigenvalue weighted by atomic mass is 10.2. The molecule has 2 nitrogen and oxygen atoms in total. The molecule has 1 aromatic rings. The van der Waals surface area contributed by atoms with Gasteiger partial charge in [-0.2, -0.15) is 0 Å². The molecular weight excluding hydrogens is 184 g/mol. The van der Waals surface area contributed by atoms with Crippen molar-refractivity contribution in [2.75, 3.05) is 19.0 Å². The Kier molecular flexibility index (Phi) is 10.4. The van der Waals surface area contributed by atoms with Crippen LogP contribution in [-0.4, -0.2) is 19.1 Å². The summed E-state index contributed by atoms with van der Waals surface area (Å²) in [7, 11) is 4.09. The maximum atomic E-state index is 4.20. The minimum Gasteiger partial charge on any atom is -0.377 e. The summed E-state index contributed by atoms with van der Waals surface area (Å²) >= 11 is 0. The number of rotatable bonds is 1. The maximum Gasteiger partial charge on any atom is 0.0424 e. The van der Waals surface area contributed by atoms with Gasteiger partial charge in [-0.25, -0.2) is 0 Å². The van der Waals surface area contributed by atoms with Gasteiger partial charge in [0.05, 0.1) is 0 Å². The van der Waals surface area contributed by atoms with Gasteiger partial charge in [0.2, 0.25) is 0 Å². The molecule has 0 N–H and O–H groups in total. The van der Waals surface area contributed by atoms with E-state index in [1.54, 1.807) is 0 Å². The second-order valence-electron chi connectivity index (χ2n) is 3.01. The number of nitrogens with zero attached hydrogens (tertiary/aromatic N) is 2. The molecule has 0 unspecified atom stereocenters. The fourth-order valence-corrected chi connectivity index (χ4v) is 1.10. The summed E-state index contributed by atoms with van der Waals surface area (Å²) in [5.41, 5.74) is 3.54. The molecule has 0 spiro atoms. The minimum atomic E-state index is 1.07. The van der Waals surface area contributed by atoms with E-state index in [2.05, 4.69) is 22.9 Å². The van der Waals surface area contributed by atoms with E-state index in [0.29, 0.717) is 0 Å². The van der Waals surface area contributed by atoms with E-state index in [9.17, 15) is 0 Å². The maximum absolute atomic E-state index is 4.20. The van der Waals surface area contributed by atoms with Crippen molar-refractivity contribution >= 4 is 5.69 Å². The number of anilines is 1. The molecule has 0 aliphatic rings. The van der Waals surface area contributed by atoms with Crippen LogP contribution in [0.4, 0.5) is 5.69 Å². The Labute approximate surface area is 95.3 Å². The van der Waals surface area contributed by atoms with Gasteiger partial charge in [-0.1, -0.05) is 27.7 Å². The molecule has 0 saturated heterocycles. The number of aromatic nitrogens is 1. The van der Waals surface area contributed by atoms with E-state index in [1.165, 1.54) is 11.3 Å². The molecule has 0 aliphatic carbocycles. The predicted molar refractivity (Wildman–Crippen MR) is 70.7 cm³/mol. The highest BCUT2D eigenvalue weighted by Crippen LogP contribution is 2.16. The molecule has 1 rings (SSSR count). The predicted octanol–water partition coefficient (Wildman–Crippen LogP) is 3.82. The zero-order chi connectivity index (χ0) is 12.4. The third-order valence-corrected chi connectivity index (χ3v) is 1.69. The Bertz CT molecular complexity index is 255. The largest absolute Gasteiger partial charge is 0.377 e. The first-order valence-electron chi connectivity index (χ1n) is 5.72. The van der Waals surface area contributed by atoms with Crippen molar-refractivity contribution in [2.45, 2.75) is 41.5 Å². The number of pyridine rings is 1. The van der Waals surface area contributed by atoms with Crippen molar-refractivity contribution < 1.29 is 0 Å². The van der Waals surface area contributed by atoms with Crippen LogP contribution in [0, 0.1) is 13.8 Å². The first-order valence-corrected chi connectivity index (χ1v) is 5.72. The van der Waals surface area contributed by atoms with E-state index in [0.717, 1.165) is 5.69 Å². The molecule has 0 radical (unpaired) electrons. The van der Waals surface area contributed by atoms with E-state index in [1.807, 2.05) is 54.9 Å². The van der Waals surface area contributed by atoms with E-state index in [-0.39, 0.29) is 0 Å². The molecule has 0 atom stereocenters. The minimum absolute atomic E-state index is 1.07. The lowest BCUT2D eigenvalue weighted by Crippen LogP contribution is -2.10. The summed E-state index contributed by atoms with van der Waals surface area (Å²) in [5.74, 6) is 0. The van der Waals surface area contributed by atoms with E-state index in [4.69, 9.17) is 0 Å². The summed E-state index contributed by atoms with van der Waals surface area (Å²) in [4.78, 5) is 6.30. The molecule has 2 heteroatoms. The Morgan fingerprint density at radius 1 is 1.00 bits per heavy atom. The lowest BCUT2D eigenvalue weighted by molar-refractivity contribution is 1.07. The molecule has 0 saturated carbocycles. The second kappa shape index (κ2) is 9.50. The van der Waals surface area contributed by atoms with Crippen LogP contribution in [-0.2, 0) is 0 Å². The van der Waals surface area contributed by atoms with E-state index < -0.39 is 0 Å². The third-order valence-electron chi connectivity index (χ3n) is 1.69. The summed E-state index contributed by atoms with van der Waals surface area (Å²) in [6.45, 7) is 12.1. The zero-order valence-corrected chi connectivity index (χ0v) is 11.5. The van der Waals surface area contributed by atoms with Crippen molar-refractivity contribution in [1.29, 1.82) is 0 Å². The van der Waals surface area contributed by atoms with Crippen LogP contribution < -0.4 is 4.90 Å². The van der Waals surface area contributed by atoms with Gasteiger partial charge in [-0.05, 0) is 25.5 Å².